The summed E-state index contributed by atoms with van der Waals surface area (Å²) in [5.74, 6) is 0. The van der Waals surface area contributed by atoms with Gasteiger partial charge in [0, 0.05) is 35.3 Å². The lowest BCUT2D eigenvalue weighted by Crippen LogP contribution is -2.69. The molecule has 0 radical (unpaired) electrons. The summed E-state index contributed by atoms with van der Waals surface area (Å²) in [6, 6.07) is 18.1. The van der Waals surface area contributed by atoms with Crippen molar-refractivity contribution in [2.24, 2.45) is 0 Å². The Bertz CT molecular complexity index is 822. The van der Waals surface area contributed by atoms with Gasteiger partial charge in [0.15, 0.2) is 0 Å². The summed E-state index contributed by atoms with van der Waals surface area (Å²) in [6.07, 6.45) is 3.10. The van der Waals surface area contributed by atoms with Gasteiger partial charge < -0.3 is 10.6 Å². The predicted molar refractivity (Wildman–Crippen MR) is 106 cm³/mol. The summed E-state index contributed by atoms with van der Waals surface area (Å²) in [7, 11) is 4.57. The number of likely N-dealkylation sites (tertiary alicyclic amines) is 2. The lowest BCUT2D eigenvalue weighted by atomic mass is 9.50. The lowest BCUT2D eigenvalue weighted by Gasteiger charge is -2.61. The second kappa shape index (κ2) is 4.81. The van der Waals surface area contributed by atoms with Crippen LogP contribution in [0.5, 0.6) is 0 Å². The van der Waals surface area contributed by atoms with Crippen LogP contribution in [0, 0.1) is 0 Å². The second-order valence-corrected chi connectivity index (χ2v) is 8.59. The summed E-state index contributed by atoms with van der Waals surface area (Å²) in [4.78, 5) is 5.07. The molecule has 2 fully saturated rings. The van der Waals surface area contributed by atoms with Crippen molar-refractivity contribution in [2.45, 2.75) is 36.0 Å². The van der Waals surface area contributed by atoms with E-state index in [2.05, 4.69) is 83.1 Å². The zero-order valence-corrected chi connectivity index (χ0v) is 15.5. The predicted octanol–water partition coefficient (Wildman–Crippen LogP) is 3.04. The molecular formula is C22H26N4. The minimum atomic E-state index is 0.105. The minimum Gasteiger partial charge on any atom is -0.369 e. The maximum Gasteiger partial charge on any atom is 0.0901 e. The molecule has 4 aliphatic heterocycles. The highest BCUT2D eigenvalue weighted by molar-refractivity contribution is 5.72. The Morgan fingerprint density at radius 3 is 1.62 bits per heavy atom. The van der Waals surface area contributed by atoms with Crippen molar-refractivity contribution in [3.63, 3.8) is 0 Å². The van der Waals surface area contributed by atoms with Gasteiger partial charge in [0.2, 0.25) is 0 Å². The van der Waals surface area contributed by atoms with Gasteiger partial charge in [-0.1, -0.05) is 36.4 Å². The zero-order valence-electron chi connectivity index (χ0n) is 15.5. The van der Waals surface area contributed by atoms with E-state index in [-0.39, 0.29) is 10.8 Å². The summed E-state index contributed by atoms with van der Waals surface area (Å²) in [5, 5.41) is 7.88. The highest BCUT2D eigenvalue weighted by Crippen LogP contribution is 2.65. The number of anilines is 2. The van der Waals surface area contributed by atoms with Crippen LogP contribution < -0.4 is 10.6 Å². The SMILES string of the molecule is CN1CC[C@]23c4ccccc4N[C@H]4N(C)CC[C@]42c2ccccc2N[C@H]13. The molecule has 6 rings (SSSR count). The highest BCUT2D eigenvalue weighted by atomic mass is 15.4. The van der Waals surface area contributed by atoms with Gasteiger partial charge >= 0.3 is 0 Å². The fraction of sp³-hybridized carbons (Fsp3) is 0.455. The molecule has 0 bridgehead atoms. The zero-order chi connectivity index (χ0) is 17.5. The van der Waals surface area contributed by atoms with E-state index in [0.717, 1.165) is 13.1 Å². The van der Waals surface area contributed by atoms with E-state index >= 15 is 0 Å². The van der Waals surface area contributed by atoms with E-state index < -0.39 is 0 Å². The number of nitrogens with zero attached hydrogens (tertiary/aromatic N) is 2. The molecule has 2 saturated heterocycles. The minimum absolute atomic E-state index is 0.105. The molecule has 4 nitrogen and oxygen atoms in total. The fourth-order valence-corrected chi connectivity index (χ4v) is 6.73. The molecule has 4 atom stereocenters. The highest BCUT2D eigenvalue weighted by Gasteiger charge is 2.70. The topological polar surface area (TPSA) is 30.5 Å². The number of hydrogen-bond acceptors (Lipinski definition) is 4. The standard InChI is InChI=1S/C22H26N4/c1-25-13-11-21-15-7-3-6-10-18(15)24-20-22(21,12-14-26(20)2)16-8-4-5-9-17(16)23-19(21)25/h3-10,19-20,23-24H,11-14H2,1-2H3/t19-,20+,21-,22+. The van der Waals surface area contributed by atoms with Crippen LogP contribution in [0.2, 0.25) is 0 Å². The molecule has 4 aliphatic rings. The summed E-state index contributed by atoms with van der Waals surface area (Å²) in [6.45, 7) is 2.27. The summed E-state index contributed by atoms with van der Waals surface area (Å²) >= 11 is 0. The number of nitrogens with one attached hydrogen (secondary N) is 2. The number of rotatable bonds is 0. The third kappa shape index (κ3) is 1.47. The Morgan fingerprint density at radius 2 is 1.15 bits per heavy atom. The second-order valence-electron chi connectivity index (χ2n) is 8.59. The lowest BCUT2D eigenvalue weighted by molar-refractivity contribution is 0.111. The van der Waals surface area contributed by atoms with Crippen LogP contribution in [-0.4, -0.2) is 49.3 Å². The van der Waals surface area contributed by atoms with Crippen molar-refractivity contribution in [1.29, 1.82) is 0 Å². The molecule has 0 amide bonds. The van der Waals surface area contributed by atoms with Crippen LogP contribution in [0.25, 0.3) is 0 Å². The molecule has 2 aromatic rings. The molecule has 0 saturated carbocycles. The van der Waals surface area contributed by atoms with E-state index in [1.54, 1.807) is 0 Å². The molecule has 4 heteroatoms. The van der Waals surface area contributed by atoms with Crippen molar-refractivity contribution in [1.82, 2.24) is 9.80 Å². The van der Waals surface area contributed by atoms with Crippen molar-refractivity contribution in [2.75, 3.05) is 37.8 Å². The maximum atomic E-state index is 3.94. The van der Waals surface area contributed by atoms with Gasteiger partial charge in [0.25, 0.3) is 0 Å². The number of fused-ring (bicyclic) bond motifs is 2. The Hall–Kier alpha value is -2.04. The van der Waals surface area contributed by atoms with Crippen LogP contribution in [0.1, 0.15) is 24.0 Å². The van der Waals surface area contributed by atoms with Gasteiger partial charge in [0.1, 0.15) is 0 Å². The molecule has 134 valence electrons. The molecule has 26 heavy (non-hydrogen) atoms. The van der Waals surface area contributed by atoms with Crippen molar-refractivity contribution in [3.05, 3.63) is 59.7 Å². The maximum absolute atomic E-state index is 3.94. The smallest absolute Gasteiger partial charge is 0.0901 e. The third-order valence-corrected chi connectivity index (χ3v) is 7.73. The molecule has 2 aromatic carbocycles. The Kier molecular flexibility index (Phi) is 2.79. The third-order valence-electron chi connectivity index (χ3n) is 7.73. The molecule has 2 N–H and O–H groups in total. The largest absolute Gasteiger partial charge is 0.369 e. The number of para-hydroxylation sites is 2. The Labute approximate surface area is 155 Å². The van der Waals surface area contributed by atoms with Gasteiger partial charge in [-0.3, -0.25) is 9.80 Å². The van der Waals surface area contributed by atoms with E-state index in [1.165, 1.54) is 35.3 Å². The average molecular weight is 346 g/mol. The Morgan fingerprint density at radius 1 is 0.731 bits per heavy atom. The van der Waals surface area contributed by atoms with E-state index in [9.17, 15) is 0 Å². The first-order chi connectivity index (χ1) is 12.7. The van der Waals surface area contributed by atoms with Gasteiger partial charge in [-0.2, -0.15) is 0 Å². The first kappa shape index (κ1) is 15.1. The normalized spacial score (nSPS) is 37.6. The Balaban J connectivity index is 1.74. The van der Waals surface area contributed by atoms with Crippen molar-refractivity contribution >= 4 is 11.4 Å². The monoisotopic (exact) mass is 346 g/mol. The summed E-state index contributed by atoms with van der Waals surface area (Å²) < 4.78 is 0. The molecule has 4 heterocycles. The number of benzene rings is 2. The fourth-order valence-electron chi connectivity index (χ4n) is 6.73. The van der Waals surface area contributed by atoms with Crippen LogP contribution in [0.4, 0.5) is 11.4 Å². The van der Waals surface area contributed by atoms with Crippen LogP contribution >= 0.6 is 0 Å². The van der Waals surface area contributed by atoms with Gasteiger partial charge in [-0.05, 0) is 50.2 Å². The van der Waals surface area contributed by atoms with E-state index in [4.69, 9.17) is 0 Å². The number of hydrogen-bond donors (Lipinski definition) is 2. The molecule has 0 aromatic heterocycles. The van der Waals surface area contributed by atoms with Crippen LogP contribution in [-0.2, 0) is 10.8 Å². The van der Waals surface area contributed by atoms with Crippen LogP contribution in [0.15, 0.2) is 48.5 Å². The summed E-state index contributed by atoms with van der Waals surface area (Å²) in [5.41, 5.74) is 5.86. The molecule has 0 unspecified atom stereocenters. The molecule has 0 aliphatic carbocycles. The average Bonchev–Trinajstić information content (AvgIpc) is 3.18. The van der Waals surface area contributed by atoms with Crippen LogP contribution in [0.3, 0.4) is 0 Å². The van der Waals surface area contributed by atoms with Crippen molar-refractivity contribution < 1.29 is 0 Å². The first-order valence-electron chi connectivity index (χ1n) is 9.81. The van der Waals surface area contributed by atoms with E-state index in [1.807, 2.05) is 0 Å². The van der Waals surface area contributed by atoms with Gasteiger partial charge in [-0.25, -0.2) is 0 Å². The van der Waals surface area contributed by atoms with Gasteiger partial charge in [-0.15, -0.1) is 0 Å². The first-order valence-corrected chi connectivity index (χ1v) is 9.81. The quantitative estimate of drug-likeness (QED) is 0.768. The number of likely N-dealkylation sites (N-methyl/N-ethyl adjacent to an activating group) is 2. The van der Waals surface area contributed by atoms with Gasteiger partial charge in [0.05, 0.1) is 12.3 Å². The molecule has 2 spiro atoms. The van der Waals surface area contributed by atoms with Crippen molar-refractivity contribution in [3.8, 4) is 0 Å². The van der Waals surface area contributed by atoms with E-state index in [0.29, 0.717) is 12.3 Å². The molecular weight excluding hydrogens is 320 g/mol.